The first kappa shape index (κ1) is 30.4. The van der Waals surface area contributed by atoms with Crippen molar-refractivity contribution in [2.45, 2.75) is 75.5 Å². The fraction of sp³-hybridized carbons (Fsp3) is 0.576. The number of ketones is 1. The number of amides is 1. The molecule has 232 valence electrons. The van der Waals surface area contributed by atoms with Crippen molar-refractivity contribution in [1.82, 2.24) is 10.0 Å². The molecule has 10 heteroatoms. The predicted octanol–water partition coefficient (Wildman–Crippen LogP) is 4.87. The molecule has 2 bridgehead atoms. The van der Waals surface area contributed by atoms with Gasteiger partial charge in [-0.05, 0) is 106 Å². The summed E-state index contributed by atoms with van der Waals surface area (Å²) >= 11 is 6.39. The Labute approximate surface area is 259 Å². The number of Topliss-reactive ketones (excluding diaryl/α,β-unsaturated/α-hetero) is 1. The van der Waals surface area contributed by atoms with E-state index in [-0.39, 0.29) is 40.6 Å². The van der Waals surface area contributed by atoms with Crippen LogP contribution in [0.2, 0.25) is 5.02 Å². The Morgan fingerprint density at radius 1 is 1.12 bits per heavy atom. The zero-order valence-electron chi connectivity index (χ0n) is 25.2. The van der Waals surface area contributed by atoms with E-state index in [0.717, 1.165) is 42.8 Å². The third-order valence-corrected chi connectivity index (χ3v) is 12.8. The summed E-state index contributed by atoms with van der Waals surface area (Å²) in [4.78, 5) is 29.3. The van der Waals surface area contributed by atoms with E-state index in [2.05, 4.69) is 27.1 Å². The zero-order valence-corrected chi connectivity index (χ0v) is 26.8. The maximum absolute atomic E-state index is 13.6. The van der Waals surface area contributed by atoms with E-state index >= 15 is 0 Å². The molecule has 2 heterocycles. The van der Waals surface area contributed by atoms with Crippen molar-refractivity contribution >= 4 is 39.0 Å². The van der Waals surface area contributed by atoms with Crippen LogP contribution in [-0.2, 0) is 26.7 Å². The molecule has 2 aliphatic carbocycles. The minimum absolute atomic E-state index is 0.0345. The normalized spacial score (nSPS) is 32.5. The number of anilines is 1. The summed E-state index contributed by atoms with van der Waals surface area (Å²) in [5.74, 6) is 0.161. The van der Waals surface area contributed by atoms with Crippen molar-refractivity contribution in [3.8, 4) is 5.75 Å². The van der Waals surface area contributed by atoms with Gasteiger partial charge in [-0.3, -0.25) is 9.59 Å². The van der Waals surface area contributed by atoms with E-state index < -0.39 is 21.2 Å². The fourth-order valence-electron chi connectivity index (χ4n) is 7.67. The Morgan fingerprint density at radius 3 is 2.67 bits per heavy atom. The zero-order chi connectivity index (χ0) is 30.5. The van der Waals surface area contributed by atoms with Crippen molar-refractivity contribution in [1.29, 1.82) is 0 Å². The number of rotatable bonds is 1. The van der Waals surface area contributed by atoms with Crippen LogP contribution >= 0.6 is 11.6 Å². The van der Waals surface area contributed by atoms with Gasteiger partial charge in [-0.1, -0.05) is 24.6 Å². The maximum atomic E-state index is 13.6. The Hall–Kier alpha value is -2.62. The molecule has 1 fully saturated rings. The van der Waals surface area contributed by atoms with Crippen LogP contribution in [0, 0.1) is 17.8 Å². The molecule has 2 aromatic rings. The summed E-state index contributed by atoms with van der Waals surface area (Å²) in [6.07, 6.45) is 5.65. The van der Waals surface area contributed by atoms with Gasteiger partial charge in [0, 0.05) is 47.5 Å². The van der Waals surface area contributed by atoms with Crippen molar-refractivity contribution < 1.29 is 22.7 Å². The lowest BCUT2D eigenvalue weighted by molar-refractivity contribution is -0.128. The van der Waals surface area contributed by atoms with Crippen LogP contribution in [0.5, 0.6) is 5.75 Å². The number of nitrogens with zero attached hydrogens (tertiary/aromatic N) is 1. The summed E-state index contributed by atoms with van der Waals surface area (Å²) < 4.78 is 35.5. The molecule has 2 N–H and O–H groups in total. The molecule has 6 rings (SSSR count). The molecule has 1 saturated carbocycles. The molecular formula is C33H42ClN3O5S. The van der Waals surface area contributed by atoms with Crippen molar-refractivity contribution in [3.63, 3.8) is 0 Å². The molecule has 1 spiro atoms. The molecule has 8 nitrogen and oxygen atoms in total. The number of nitrogens with one attached hydrogen (secondary N) is 2. The highest BCUT2D eigenvalue weighted by Crippen LogP contribution is 2.46. The highest BCUT2D eigenvalue weighted by atomic mass is 35.5. The van der Waals surface area contributed by atoms with E-state index in [9.17, 15) is 18.0 Å². The number of ether oxygens (including phenoxy) is 1. The van der Waals surface area contributed by atoms with Crippen LogP contribution in [0.25, 0.3) is 0 Å². The summed E-state index contributed by atoms with van der Waals surface area (Å²) in [6, 6.07) is 11.2. The van der Waals surface area contributed by atoms with E-state index in [1.807, 2.05) is 20.0 Å². The van der Waals surface area contributed by atoms with Crippen LogP contribution in [0.3, 0.4) is 0 Å². The average molecular weight is 628 g/mol. The molecule has 0 radical (unpaired) electrons. The van der Waals surface area contributed by atoms with Gasteiger partial charge in [-0.2, -0.15) is 0 Å². The first-order valence-electron chi connectivity index (χ1n) is 15.6. The van der Waals surface area contributed by atoms with Gasteiger partial charge < -0.3 is 15.0 Å². The largest absolute Gasteiger partial charge is 0.490 e. The smallest absolute Gasteiger partial charge is 0.264 e. The van der Waals surface area contributed by atoms with E-state index in [1.54, 1.807) is 25.1 Å². The van der Waals surface area contributed by atoms with Gasteiger partial charge in [-0.25, -0.2) is 13.1 Å². The van der Waals surface area contributed by atoms with Crippen LogP contribution in [0.4, 0.5) is 5.69 Å². The SMILES string of the molecule is CN[C@H]1CC(=O)[C@@H]2CC[C@H]2CN2C[C@@]3(CCCc4cc(Cl)ccc43)COc3ccc(cc32)C(=O)NS(=O)(=O)[C@H](C)[C@@H](C)C1. The van der Waals surface area contributed by atoms with Gasteiger partial charge in [0.05, 0.1) is 17.5 Å². The minimum atomic E-state index is -3.96. The number of halogens is 1. The third kappa shape index (κ3) is 5.80. The lowest BCUT2D eigenvalue weighted by Gasteiger charge is -2.44. The van der Waals surface area contributed by atoms with Crippen molar-refractivity contribution in [3.05, 3.63) is 58.1 Å². The molecule has 6 atom stereocenters. The Bertz CT molecular complexity index is 1530. The predicted molar refractivity (Wildman–Crippen MR) is 169 cm³/mol. The second-order valence-corrected chi connectivity index (χ2v) is 15.8. The second kappa shape index (κ2) is 11.7. The van der Waals surface area contributed by atoms with E-state index in [1.165, 1.54) is 11.1 Å². The average Bonchev–Trinajstić information content (AvgIpc) is 3.10. The van der Waals surface area contributed by atoms with E-state index in [4.69, 9.17) is 16.3 Å². The number of carbonyl (C=O) groups is 2. The minimum Gasteiger partial charge on any atom is -0.490 e. The molecule has 4 aliphatic rings. The third-order valence-electron chi connectivity index (χ3n) is 10.6. The number of fused-ring (bicyclic) bond motifs is 4. The maximum Gasteiger partial charge on any atom is 0.264 e. The number of hydrogen-bond acceptors (Lipinski definition) is 7. The number of aryl methyl sites for hydroxylation is 1. The van der Waals surface area contributed by atoms with Crippen LogP contribution in [-0.4, -0.2) is 58.1 Å². The standard InChI is InChI=1S/C33H42ClN3O5S/c1-20-13-26(35-3)16-30(38)27-9-6-24(27)17-37-18-33(12-4-5-22-14-25(34)8-10-28(22)33)19-42-31-11-7-23(15-29(31)37)32(39)36-43(40,41)21(20)2/h7-8,10-11,14-15,20-21,24,26-27,35H,4-6,9,12-13,16-19H2,1-3H3,(H,36,39)/t20-,21+,24-,26+,27+,33-/m0/s1. The number of sulfonamides is 1. The quantitative estimate of drug-likeness (QED) is 0.465. The molecule has 2 aliphatic heterocycles. The van der Waals surface area contributed by atoms with Crippen LogP contribution in [0.15, 0.2) is 36.4 Å². The highest BCUT2D eigenvalue weighted by Gasteiger charge is 2.45. The van der Waals surface area contributed by atoms with Crippen LogP contribution in [0.1, 0.15) is 73.9 Å². The Balaban J connectivity index is 1.42. The molecule has 0 saturated heterocycles. The van der Waals surface area contributed by atoms with Gasteiger partial charge in [0.15, 0.2) is 0 Å². The first-order chi connectivity index (χ1) is 20.5. The number of hydrogen-bond donors (Lipinski definition) is 2. The summed E-state index contributed by atoms with van der Waals surface area (Å²) in [5.41, 5.74) is 3.24. The van der Waals surface area contributed by atoms with Gasteiger partial charge in [-0.15, -0.1) is 0 Å². The number of benzene rings is 2. The first-order valence-corrected chi connectivity index (χ1v) is 17.5. The lowest BCUT2D eigenvalue weighted by atomic mass is 9.68. The fourth-order valence-corrected chi connectivity index (χ4v) is 9.15. The Kier molecular flexibility index (Phi) is 8.28. The van der Waals surface area contributed by atoms with Crippen molar-refractivity contribution in [2.24, 2.45) is 17.8 Å². The summed E-state index contributed by atoms with van der Waals surface area (Å²) in [7, 11) is -2.14. The lowest BCUT2D eigenvalue weighted by Crippen LogP contribution is -2.49. The second-order valence-electron chi connectivity index (χ2n) is 13.3. The monoisotopic (exact) mass is 627 g/mol. The summed E-state index contributed by atoms with van der Waals surface area (Å²) in [6.45, 7) is 5.31. The van der Waals surface area contributed by atoms with Crippen LogP contribution < -0.4 is 19.7 Å². The molecule has 2 aromatic carbocycles. The van der Waals surface area contributed by atoms with Gasteiger partial charge in [0.2, 0.25) is 10.0 Å². The molecule has 0 unspecified atom stereocenters. The number of carbonyl (C=O) groups excluding carboxylic acids is 2. The molecule has 0 aromatic heterocycles. The summed E-state index contributed by atoms with van der Waals surface area (Å²) in [5, 5.41) is 3.16. The van der Waals surface area contributed by atoms with Crippen molar-refractivity contribution in [2.75, 3.05) is 31.6 Å². The van der Waals surface area contributed by atoms with E-state index in [0.29, 0.717) is 38.3 Å². The van der Waals surface area contributed by atoms with Gasteiger partial charge in [0.1, 0.15) is 11.5 Å². The van der Waals surface area contributed by atoms with Gasteiger partial charge in [0.25, 0.3) is 5.91 Å². The topological polar surface area (TPSA) is 105 Å². The molecule has 43 heavy (non-hydrogen) atoms. The molecule has 1 amide bonds. The van der Waals surface area contributed by atoms with Gasteiger partial charge >= 0.3 is 0 Å². The molecular weight excluding hydrogens is 586 g/mol. The highest BCUT2D eigenvalue weighted by molar-refractivity contribution is 7.90. The Morgan fingerprint density at radius 2 is 1.93 bits per heavy atom.